The van der Waals surface area contributed by atoms with Gasteiger partial charge in [0.05, 0.1) is 11.6 Å². The molecule has 4 rings (SSSR count). The third-order valence-electron chi connectivity index (χ3n) is 5.49. The van der Waals surface area contributed by atoms with Gasteiger partial charge in [0.15, 0.2) is 5.76 Å². The van der Waals surface area contributed by atoms with Gasteiger partial charge in [0.1, 0.15) is 5.69 Å². The summed E-state index contributed by atoms with van der Waals surface area (Å²) in [5.74, 6) is 0.812. The molecule has 0 N–H and O–H groups in total. The zero-order chi connectivity index (χ0) is 20.2. The van der Waals surface area contributed by atoms with E-state index in [0.717, 1.165) is 66.0 Å². The third-order valence-corrected chi connectivity index (χ3v) is 6.67. The second-order valence-electron chi connectivity index (χ2n) is 7.42. The summed E-state index contributed by atoms with van der Waals surface area (Å²) in [6.45, 7) is 5.21. The van der Waals surface area contributed by atoms with Gasteiger partial charge >= 0.3 is 0 Å². The van der Waals surface area contributed by atoms with E-state index in [2.05, 4.69) is 83.1 Å². The number of ether oxygens (including phenoxy) is 1. The van der Waals surface area contributed by atoms with Crippen LogP contribution in [0.4, 0.5) is 0 Å². The second-order valence-corrected chi connectivity index (χ2v) is 9.19. The van der Waals surface area contributed by atoms with Crippen LogP contribution in [-0.2, 0) is 11.2 Å². The van der Waals surface area contributed by atoms with Gasteiger partial charge < -0.3 is 9.64 Å². The molecule has 1 saturated heterocycles. The van der Waals surface area contributed by atoms with Crippen molar-refractivity contribution in [1.29, 1.82) is 0 Å². The van der Waals surface area contributed by atoms with E-state index in [1.54, 1.807) is 7.11 Å². The number of piperazine rings is 1. The van der Waals surface area contributed by atoms with Gasteiger partial charge in [-0.2, -0.15) is 0 Å². The van der Waals surface area contributed by atoms with Crippen LogP contribution in [0.3, 0.4) is 0 Å². The average Bonchev–Trinajstić information content (AvgIpc) is 3.02. The number of methoxy groups -OCH3 is 1. The Bertz CT molecular complexity index is 922. The van der Waals surface area contributed by atoms with Crippen LogP contribution in [0.5, 0.6) is 0 Å². The van der Waals surface area contributed by atoms with Crippen LogP contribution < -0.4 is 0 Å². The van der Waals surface area contributed by atoms with Crippen molar-refractivity contribution < 1.29 is 4.74 Å². The summed E-state index contributed by atoms with van der Waals surface area (Å²) in [5, 5.41) is 0. The van der Waals surface area contributed by atoms with Crippen molar-refractivity contribution in [2.75, 3.05) is 39.8 Å². The van der Waals surface area contributed by atoms with Crippen molar-refractivity contribution in [3.8, 4) is 0 Å². The van der Waals surface area contributed by atoms with Crippen molar-refractivity contribution in [3.63, 3.8) is 0 Å². The maximum absolute atomic E-state index is 5.63. The SMILES string of the molecule is COC1=C(Br)C=C(CN2CCN(C3=CCC=C(Br)C=C3)CC2)Cc2cccnc21. The number of fused-ring (bicyclic) bond motifs is 1. The molecule has 2 aliphatic carbocycles. The minimum atomic E-state index is 0.812. The van der Waals surface area contributed by atoms with E-state index in [1.807, 2.05) is 12.3 Å². The predicted molar refractivity (Wildman–Crippen MR) is 126 cm³/mol. The molecule has 4 nitrogen and oxygen atoms in total. The van der Waals surface area contributed by atoms with Gasteiger partial charge in [-0.15, -0.1) is 0 Å². The van der Waals surface area contributed by atoms with E-state index >= 15 is 0 Å². The smallest absolute Gasteiger partial charge is 0.158 e. The molecule has 1 aliphatic heterocycles. The van der Waals surface area contributed by atoms with Crippen molar-refractivity contribution in [2.45, 2.75) is 12.8 Å². The number of hydrogen-bond acceptors (Lipinski definition) is 4. The fourth-order valence-corrected chi connectivity index (χ4v) is 5.01. The van der Waals surface area contributed by atoms with Crippen molar-refractivity contribution >= 4 is 37.6 Å². The molecule has 1 fully saturated rings. The van der Waals surface area contributed by atoms with Gasteiger partial charge in [0, 0.05) is 49.1 Å². The monoisotopic (exact) mass is 517 g/mol. The van der Waals surface area contributed by atoms with Crippen LogP contribution in [0.25, 0.3) is 5.76 Å². The molecule has 1 aromatic heterocycles. The first kappa shape index (κ1) is 20.6. The van der Waals surface area contributed by atoms with E-state index in [9.17, 15) is 0 Å². The Labute approximate surface area is 189 Å². The number of halogens is 2. The number of nitrogens with zero attached hydrogens (tertiary/aromatic N) is 3. The van der Waals surface area contributed by atoms with Gasteiger partial charge in [-0.3, -0.25) is 9.88 Å². The van der Waals surface area contributed by atoms with Crippen molar-refractivity contribution in [2.24, 2.45) is 0 Å². The maximum Gasteiger partial charge on any atom is 0.158 e. The summed E-state index contributed by atoms with van der Waals surface area (Å²) in [5.41, 5.74) is 4.87. The Morgan fingerprint density at radius 1 is 1.10 bits per heavy atom. The van der Waals surface area contributed by atoms with Crippen molar-refractivity contribution in [1.82, 2.24) is 14.8 Å². The summed E-state index contributed by atoms with van der Waals surface area (Å²) in [4.78, 5) is 9.59. The lowest BCUT2D eigenvalue weighted by Gasteiger charge is -2.37. The highest BCUT2D eigenvalue weighted by molar-refractivity contribution is 9.12. The van der Waals surface area contributed by atoms with E-state index in [4.69, 9.17) is 4.74 Å². The lowest BCUT2D eigenvalue weighted by atomic mass is 10.0. The molecule has 0 unspecified atom stereocenters. The molecule has 6 heteroatoms. The van der Waals surface area contributed by atoms with Crippen molar-refractivity contribution in [3.05, 3.63) is 80.2 Å². The van der Waals surface area contributed by atoms with Crippen LogP contribution in [0, 0.1) is 0 Å². The van der Waals surface area contributed by atoms with E-state index < -0.39 is 0 Å². The normalized spacial score (nSPS) is 20.4. The fraction of sp³-hybridized carbons (Fsp3) is 0.348. The fourth-order valence-electron chi connectivity index (χ4n) is 4.01. The number of rotatable bonds is 4. The molecule has 0 amide bonds. The van der Waals surface area contributed by atoms with Gasteiger partial charge in [-0.25, -0.2) is 0 Å². The summed E-state index contributed by atoms with van der Waals surface area (Å²) in [6.07, 6.45) is 14.8. The van der Waals surface area contributed by atoms with Crippen LogP contribution in [-0.4, -0.2) is 54.6 Å². The highest BCUT2D eigenvalue weighted by Gasteiger charge is 2.22. The first-order valence-electron chi connectivity index (χ1n) is 9.92. The Morgan fingerprint density at radius 3 is 2.72 bits per heavy atom. The van der Waals surface area contributed by atoms with Crippen LogP contribution >= 0.6 is 31.9 Å². The van der Waals surface area contributed by atoms with E-state index in [1.165, 1.54) is 16.8 Å². The first-order chi connectivity index (χ1) is 14.1. The first-order valence-corrected chi connectivity index (χ1v) is 11.5. The minimum absolute atomic E-state index is 0.812. The zero-order valence-corrected chi connectivity index (χ0v) is 19.7. The molecule has 0 radical (unpaired) electrons. The largest absolute Gasteiger partial charge is 0.493 e. The number of hydrogen-bond donors (Lipinski definition) is 0. The molecule has 2 heterocycles. The van der Waals surface area contributed by atoms with Crippen LogP contribution in [0.15, 0.2) is 68.9 Å². The lowest BCUT2D eigenvalue weighted by Crippen LogP contribution is -2.46. The number of allylic oxidation sites excluding steroid dienone is 7. The Morgan fingerprint density at radius 2 is 1.93 bits per heavy atom. The predicted octanol–water partition coefficient (Wildman–Crippen LogP) is 5.01. The molecule has 29 heavy (non-hydrogen) atoms. The van der Waals surface area contributed by atoms with Gasteiger partial charge in [-0.05, 0) is 58.6 Å². The molecule has 0 saturated carbocycles. The molecular weight excluding hydrogens is 494 g/mol. The Balaban J connectivity index is 1.42. The lowest BCUT2D eigenvalue weighted by molar-refractivity contribution is 0.171. The summed E-state index contributed by atoms with van der Waals surface area (Å²) in [6, 6.07) is 4.15. The zero-order valence-electron chi connectivity index (χ0n) is 16.6. The van der Waals surface area contributed by atoms with Gasteiger partial charge in [0.2, 0.25) is 0 Å². The molecule has 152 valence electrons. The number of aromatic nitrogens is 1. The molecule has 3 aliphatic rings. The molecule has 0 bridgehead atoms. The Kier molecular flexibility index (Phi) is 6.73. The van der Waals surface area contributed by atoms with E-state index in [0.29, 0.717) is 0 Å². The average molecular weight is 519 g/mol. The Hall–Kier alpha value is -1.63. The van der Waals surface area contributed by atoms with Gasteiger partial charge in [-0.1, -0.05) is 39.7 Å². The molecule has 0 atom stereocenters. The standard InChI is InChI=1S/C23H25Br2N3O/c1-29-23-21(25)15-17(14-18-4-3-9-26-22(18)23)16-27-10-12-28(13-11-27)20-6-2-5-19(24)7-8-20/h3-9,15H,2,10-14,16H2,1H3. The minimum Gasteiger partial charge on any atom is -0.493 e. The molecule has 0 spiro atoms. The summed E-state index contributed by atoms with van der Waals surface area (Å²) >= 11 is 7.28. The van der Waals surface area contributed by atoms with Crippen LogP contribution in [0.1, 0.15) is 17.7 Å². The molecule has 0 aromatic carbocycles. The summed E-state index contributed by atoms with van der Waals surface area (Å²) < 4.78 is 7.76. The second kappa shape index (κ2) is 9.45. The summed E-state index contributed by atoms with van der Waals surface area (Å²) in [7, 11) is 1.71. The third kappa shape index (κ3) is 4.93. The number of pyridine rings is 1. The highest BCUT2D eigenvalue weighted by atomic mass is 79.9. The van der Waals surface area contributed by atoms with E-state index in [-0.39, 0.29) is 0 Å². The molecular formula is C23H25Br2N3O. The van der Waals surface area contributed by atoms with Gasteiger partial charge in [0.25, 0.3) is 0 Å². The maximum atomic E-state index is 5.63. The highest BCUT2D eigenvalue weighted by Crippen LogP contribution is 2.31. The topological polar surface area (TPSA) is 28.6 Å². The van der Waals surface area contributed by atoms with Crippen LogP contribution in [0.2, 0.25) is 0 Å². The quantitative estimate of drug-likeness (QED) is 0.560. The molecule has 1 aromatic rings.